The molecule has 0 fully saturated rings. The number of hydrogen-bond acceptors (Lipinski definition) is 2. The van der Waals surface area contributed by atoms with Crippen molar-refractivity contribution < 1.29 is 0 Å². The molecule has 0 saturated heterocycles. The normalized spacial score (nSPS) is 13.3. The van der Waals surface area contributed by atoms with Gasteiger partial charge >= 0.3 is 0 Å². The quantitative estimate of drug-likeness (QED) is 0.767. The van der Waals surface area contributed by atoms with E-state index in [0.29, 0.717) is 6.04 Å². The van der Waals surface area contributed by atoms with Crippen LogP contribution in [0.15, 0.2) is 12.1 Å². The second-order valence-corrected chi connectivity index (χ2v) is 6.43. The number of hydrogen-bond donors (Lipinski definition) is 1. The van der Waals surface area contributed by atoms with Crippen LogP contribution in [0.3, 0.4) is 0 Å². The van der Waals surface area contributed by atoms with Gasteiger partial charge in [-0.25, -0.2) is 0 Å². The summed E-state index contributed by atoms with van der Waals surface area (Å²) in [6.07, 6.45) is 3.70. The average molecular weight is 260 g/mol. The van der Waals surface area contributed by atoms with Gasteiger partial charge in [-0.15, -0.1) is 11.3 Å². The second kappa shape index (κ2) is 7.31. The zero-order chi connectivity index (χ0) is 12.0. The molecule has 0 spiro atoms. The largest absolute Gasteiger partial charge is 0.314 e. The van der Waals surface area contributed by atoms with Crippen molar-refractivity contribution in [3.63, 3.8) is 0 Å². The average Bonchev–Trinajstić information content (AvgIpc) is 2.61. The molecular weight excluding hydrogens is 238 g/mol. The molecule has 0 amide bonds. The fourth-order valence-electron chi connectivity index (χ4n) is 1.83. The number of rotatable bonds is 7. The third-order valence-electron chi connectivity index (χ3n) is 2.63. The van der Waals surface area contributed by atoms with Gasteiger partial charge in [0, 0.05) is 10.9 Å². The Balaban J connectivity index is 2.43. The molecule has 1 aromatic heterocycles. The molecule has 92 valence electrons. The lowest BCUT2D eigenvalue weighted by Gasteiger charge is -2.17. The predicted molar refractivity (Wildman–Crippen MR) is 74.6 cm³/mol. The van der Waals surface area contributed by atoms with Crippen LogP contribution in [0.5, 0.6) is 0 Å². The van der Waals surface area contributed by atoms with E-state index in [1.165, 1.54) is 17.7 Å². The molecule has 0 aliphatic heterocycles. The Morgan fingerprint density at radius 2 is 2.12 bits per heavy atom. The van der Waals surface area contributed by atoms with Gasteiger partial charge in [-0.3, -0.25) is 0 Å². The maximum atomic E-state index is 5.95. The van der Waals surface area contributed by atoms with E-state index in [9.17, 15) is 0 Å². The van der Waals surface area contributed by atoms with Crippen molar-refractivity contribution in [1.82, 2.24) is 5.32 Å². The molecule has 1 N–H and O–H groups in total. The standard InChI is InChI=1S/C13H22ClNS/c1-4-5-11(9-15-10(2)3)8-12-6-7-13(14)16-12/h6-7,10-11,15H,4-5,8-9H2,1-3H3. The molecule has 0 aromatic carbocycles. The molecule has 1 rings (SSSR count). The molecule has 1 unspecified atom stereocenters. The monoisotopic (exact) mass is 259 g/mol. The van der Waals surface area contributed by atoms with Crippen LogP contribution in [0.25, 0.3) is 0 Å². The van der Waals surface area contributed by atoms with Crippen molar-refractivity contribution in [3.05, 3.63) is 21.3 Å². The maximum absolute atomic E-state index is 5.95. The molecule has 1 atom stereocenters. The topological polar surface area (TPSA) is 12.0 Å². The minimum Gasteiger partial charge on any atom is -0.314 e. The predicted octanol–water partition coefficient (Wildman–Crippen LogP) is 4.36. The van der Waals surface area contributed by atoms with E-state index in [-0.39, 0.29) is 0 Å². The highest BCUT2D eigenvalue weighted by Crippen LogP contribution is 2.25. The van der Waals surface area contributed by atoms with Crippen molar-refractivity contribution in [3.8, 4) is 0 Å². The van der Waals surface area contributed by atoms with Gasteiger partial charge in [0.25, 0.3) is 0 Å². The summed E-state index contributed by atoms with van der Waals surface area (Å²) in [7, 11) is 0. The van der Waals surface area contributed by atoms with Gasteiger partial charge in [-0.05, 0) is 37.4 Å². The van der Waals surface area contributed by atoms with Gasteiger partial charge < -0.3 is 5.32 Å². The first-order valence-electron chi connectivity index (χ1n) is 6.09. The Morgan fingerprint density at radius 3 is 2.62 bits per heavy atom. The Labute approximate surface area is 108 Å². The van der Waals surface area contributed by atoms with E-state index >= 15 is 0 Å². The summed E-state index contributed by atoms with van der Waals surface area (Å²) < 4.78 is 0.905. The summed E-state index contributed by atoms with van der Waals surface area (Å²) in [6, 6.07) is 4.73. The van der Waals surface area contributed by atoms with Gasteiger partial charge in [0.15, 0.2) is 0 Å². The van der Waals surface area contributed by atoms with Crippen molar-refractivity contribution in [2.24, 2.45) is 5.92 Å². The summed E-state index contributed by atoms with van der Waals surface area (Å²) in [5.74, 6) is 0.738. The van der Waals surface area contributed by atoms with Crippen molar-refractivity contribution in [1.29, 1.82) is 0 Å². The molecule has 1 heterocycles. The van der Waals surface area contributed by atoms with E-state index in [1.54, 1.807) is 11.3 Å². The molecule has 16 heavy (non-hydrogen) atoms. The number of thiophene rings is 1. The minimum atomic E-state index is 0.575. The number of halogens is 1. The molecule has 1 aromatic rings. The lowest BCUT2D eigenvalue weighted by atomic mass is 9.98. The lowest BCUT2D eigenvalue weighted by Crippen LogP contribution is -2.29. The van der Waals surface area contributed by atoms with Crippen LogP contribution in [0.2, 0.25) is 4.34 Å². The summed E-state index contributed by atoms with van der Waals surface area (Å²) in [4.78, 5) is 1.41. The van der Waals surface area contributed by atoms with Crippen molar-refractivity contribution in [2.45, 2.75) is 46.1 Å². The Morgan fingerprint density at radius 1 is 1.38 bits per heavy atom. The fourth-order valence-corrected chi connectivity index (χ4v) is 3.03. The fraction of sp³-hybridized carbons (Fsp3) is 0.692. The molecule has 3 heteroatoms. The van der Waals surface area contributed by atoms with E-state index < -0.39 is 0 Å². The first-order chi connectivity index (χ1) is 7.61. The van der Waals surface area contributed by atoms with Crippen LogP contribution in [0.1, 0.15) is 38.5 Å². The molecule has 0 radical (unpaired) electrons. The molecular formula is C13H22ClNS. The minimum absolute atomic E-state index is 0.575. The van der Waals surface area contributed by atoms with Gasteiger partial charge in [-0.1, -0.05) is 38.8 Å². The van der Waals surface area contributed by atoms with E-state index in [4.69, 9.17) is 11.6 Å². The number of nitrogens with one attached hydrogen (secondary N) is 1. The summed E-state index contributed by atoms with van der Waals surface area (Å²) in [5.41, 5.74) is 0. The SMILES string of the molecule is CCCC(CNC(C)C)Cc1ccc(Cl)s1. The van der Waals surface area contributed by atoms with Crippen molar-refractivity contribution >= 4 is 22.9 Å². The van der Waals surface area contributed by atoms with Crippen LogP contribution in [-0.2, 0) is 6.42 Å². The highest BCUT2D eigenvalue weighted by molar-refractivity contribution is 7.16. The molecule has 0 saturated carbocycles. The van der Waals surface area contributed by atoms with Crippen LogP contribution >= 0.6 is 22.9 Å². The first kappa shape index (κ1) is 14.0. The van der Waals surface area contributed by atoms with Crippen LogP contribution < -0.4 is 5.32 Å². The maximum Gasteiger partial charge on any atom is 0.0931 e. The van der Waals surface area contributed by atoms with Crippen LogP contribution in [0.4, 0.5) is 0 Å². The zero-order valence-corrected chi connectivity index (χ0v) is 12.0. The van der Waals surface area contributed by atoms with Gasteiger partial charge in [0.2, 0.25) is 0 Å². The molecule has 0 aliphatic rings. The highest BCUT2D eigenvalue weighted by Gasteiger charge is 2.10. The Bertz CT molecular complexity index is 296. The van der Waals surface area contributed by atoms with Gasteiger partial charge in [0.1, 0.15) is 0 Å². The van der Waals surface area contributed by atoms with Gasteiger partial charge in [-0.2, -0.15) is 0 Å². The van der Waals surface area contributed by atoms with Crippen LogP contribution in [-0.4, -0.2) is 12.6 Å². The van der Waals surface area contributed by atoms with E-state index in [2.05, 4.69) is 32.2 Å². The third-order valence-corrected chi connectivity index (χ3v) is 3.88. The summed E-state index contributed by atoms with van der Waals surface area (Å²) in [6.45, 7) is 7.76. The molecule has 1 nitrogen and oxygen atoms in total. The smallest absolute Gasteiger partial charge is 0.0931 e. The lowest BCUT2D eigenvalue weighted by molar-refractivity contribution is 0.420. The molecule has 0 bridgehead atoms. The molecule has 0 aliphatic carbocycles. The van der Waals surface area contributed by atoms with E-state index in [0.717, 1.165) is 23.2 Å². The Hall–Kier alpha value is -0.0500. The third kappa shape index (κ3) is 5.33. The summed E-state index contributed by atoms with van der Waals surface area (Å²) in [5, 5.41) is 3.53. The van der Waals surface area contributed by atoms with E-state index in [1.807, 2.05) is 6.07 Å². The second-order valence-electron chi connectivity index (χ2n) is 4.63. The zero-order valence-electron chi connectivity index (χ0n) is 10.4. The summed E-state index contributed by atoms with van der Waals surface area (Å²) >= 11 is 7.67. The van der Waals surface area contributed by atoms with Crippen molar-refractivity contribution in [2.75, 3.05) is 6.54 Å². The van der Waals surface area contributed by atoms with Gasteiger partial charge in [0.05, 0.1) is 4.34 Å². The van der Waals surface area contributed by atoms with Crippen LogP contribution in [0, 0.1) is 5.92 Å². The highest BCUT2D eigenvalue weighted by atomic mass is 35.5. The first-order valence-corrected chi connectivity index (χ1v) is 7.28. The Kier molecular flexibility index (Phi) is 6.40.